The van der Waals surface area contributed by atoms with Crippen molar-refractivity contribution in [3.8, 4) is 0 Å². The normalized spacial score (nSPS) is 45.3. The van der Waals surface area contributed by atoms with E-state index in [4.69, 9.17) is 19.8 Å². The van der Waals surface area contributed by atoms with E-state index in [1.54, 1.807) is 0 Å². The Bertz CT molecular complexity index is 1980. The van der Waals surface area contributed by atoms with Crippen LogP contribution in [0, 0.1) is 92.7 Å². The van der Waals surface area contributed by atoms with E-state index in [0.29, 0.717) is 84.4 Å². The minimum absolute atomic E-state index is 0.0344. The summed E-state index contributed by atoms with van der Waals surface area (Å²) < 4.78 is 44.3. The Balaban J connectivity index is 0.809. The van der Waals surface area contributed by atoms with Crippen LogP contribution < -0.4 is 11.1 Å². The van der Waals surface area contributed by atoms with E-state index >= 15 is 0 Å². The third-order valence-corrected chi connectivity index (χ3v) is 23.8. The first kappa shape index (κ1) is 54.9. The first-order valence-electron chi connectivity index (χ1n) is 28.6. The van der Waals surface area contributed by atoms with Crippen molar-refractivity contribution in [1.82, 2.24) is 5.32 Å². The molecule has 5 unspecified atom stereocenters. The number of amides is 1. The van der Waals surface area contributed by atoms with Gasteiger partial charge in [0.2, 0.25) is 5.91 Å². The molecule has 1 amide bonds. The number of carbonyl (C=O) groups excluding carboxylic acids is 2. The van der Waals surface area contributed by atoms with Crippen LogP contribution in [-0.4, -0.2) is 88.2 Å². The minimum atomic E-state index is -4.12. The van der Waals surface area contributed by atoms with E-state index in [2.05, 4.69) is 46.9 Å². The largest absolute Gasteiger partial charge is 0.459 e. The summed E-state index contributed by atoms with van der Waals surface area (Å²) in [6.07, 6.45) is 19.1. The third-order valence-electron chi connectivity index (χ3n) is 23.1. The van der Waals surface area contributed by atoms with Crippen molar-refractivity contribution < 1.29 is 47.4 Å². The van der Waals surface area contributed by atoms with Crippen molar-refractivity contribution in [3.05, 3.63) is 0 Å². The fraction of sp³-hybridized carbons (Fsp3) is 0.965. The lowest BCUT2D eigenvalue weighted by Gasteiger charge is -2.63. The van der Waals surface area contributed by atoms with E-state index in [9.17, 15) is 33.3 Å². The van der Waals surface area contributed by atoms with Gasteiger partial charge in [-0.05, 0) is 235 Å². The molecule has 0 bridgehead atoms. The van der Waals surface area contributed by atoms with E-state index < -0.39 is 27.2 Å². The van der Waals surface area contributed by atoms with Crippen LogP contribution in [0.25, 0.3) is 0 Å². The predicted molar refractivity (Wildman–Crippen MR) is 272 cm³/mol. The van der Waals surface area contributed by atoms with Crippen LogP contribution in [-0.2, 0) is 29.2 Å². The van der Waals surface area contributed by atoms with Crippen LogP contribution in [0.1, 0.15) is 204 Å². The molecule has 0 spiro atoms. The monoisotopic (exact) mass is 1000 g/mol. The molecule has 0 heterocycles. The standard InChI is InChI=1S/C57H98N2O10S/c1-10-57-26-20-39(30-37(57)32-47(62)51-43-16-14-40(55(43,8)25-22-45(51)57)34(2)11-17-48(63)59-27-28-70(65,66)67)68-56(9,58)33-52(4,5)69-49(64)18-12-35(3)41-13-15-42-50-44(21-24-54(41,42)7)53(6)23-19-38(60)29-36(53)31-46(50)61/h34-47,50-51,60-62H,10-33,58H2,1-9H3,(H,59,63)(H,65,66,67)/t34-,35-,36?,37?,38-,39-,40-,41-,42?,43?,44+,45+,46+,47+,50+,51+,53+,54-,55-,56?,57+/m1/s1. The molecule has 0 saturated heterocycles. The summed E-state index contributed by atoms with van der Waals surface area (Å²) in [6.45, 7) is 20.1. The number of hydrogen-bond acceptors (Lipinski definition) is 10. The number of ether oxygens (including phenoxy) is 2. The van der Waals surface area contributed by atoms with Crippen molar-refractivity contribution in [2.45, 2.75) is 239 Å². The number of nitrogens with two attached hydrogens (primary N) is 1. The van der Waals surface area contributed by atoms with Crippen LogP contribution >= 0.6 is 0 Å². The number of aliphatic hydroxyl groups excluding tert-OH is 3. The lowest BCUT2D eigenvalue weighted by molar-refractivity contribution is -0.203. The number of aliphatic hydroxyl groups is 3. The van der Waals surface area contributed by atoms with Crippen molar-refractivity contribution in [1.29, 1.82) is 0 Å². The van der Waals surface area contributed by atoms with Crippen molar-refractivity contribution in [3.63, 3.8) is 0 Å². The second kappa shape index (κ2) is 20.3. The van der Waals surface area contributed by atoms with Gasteiger partial charge in [-0.25, -0.2) is 0 Å². The number of hydrogen-bond donors (Lipinski definition) is 6. The maximum absolute atomic E-state index is 13.6. The number of carbonyl (C=O) groups is 2. The van der Waals surface area contributed by atoms with E-state index in [1.165, 1.54) is 6.42 Å². The fourth-order valence-electron chi connectivity index (χ4n) is 20.1. The fourth-order valence-corrected chi connectivity index (χ4v) is 20.5. The molecule has 7 N–H and O–H groups in total. The van der Waals surface area contributed by atoms with Gasteiger partial charge in [0.1, 0.15) is 11.3 Å². The summed E-state index contributed by atoms with van der Waals surface area (Å²) in [5.74, 6) is 4.12. The van der Waals surface area contributed by atoms with Gasteiger partial charge in [0.15, 0.2) is 0 Å². The summed E-state index contributed by atoms with van der Waals surface area (Å²) in [6, 6.07) is 0. The molecule has 8 rings (SSSR count). The Morgan fingerprint density at radius 3 is 1.86 bits per heavy atom. The molecule has 8 fully saturated rings. The molecule has 0 aromatic heterocycles. The number of rotatable bonds is 17. The molecule has 0 radical (unpaired) electrons. The molecular formula is C57H98N2O10S. The number of fused-ring (bicyclic) bond motifs is 10. The summed E-state index contributed by atoms with van der Waals surface area (Å²) in [5, 5.41) is 37.0. The lowest BCUT2D eigenvalue weighted by atomic mass is 9.42. The van der Waals surface area contributed by atoms with Gasteiger partial charge in [-0.15, -0.1) is 0 Å². The first-order valence-corrected chi connectivity index (χ1v) is 30.2. The lowest BCUT2D eigenvalue weighted by Crippen LogP contribution is -2.60. The molecule has 0 aromatic carbocycles. The average Bonchev–Trinajstić information content (AvgIpc) is 3.81. The smallest absolute Gasteiger partial charge is 0.306 e. The van der Waals surface area contributed by atoms with Gasteiger partial charge in [0, 0.05) is 25.8 Å². The Morgan fingerprint density at radius 1 is 0.714 bits per heavy atom. The van der Waals surface area contributed by atoms with Crippen LogP contribution in [0.15, 0.2) is 0 Å². The molecule has 13 heteroatoms. The second-order valence-electron chi connectivity index (χ2n) is 27.5. The zero-order valence-corrected chi connectivity index (χ0v) is 45.7. The molecule has 0 aliphatic heterocycles. The third kappa shape index (κ3) is 10.6. The van der Waals surface area contributed by atoms with Gasteiger partial charge in [-0.2, -0.15) is 8.42 Å². The molecule has 8 saturated carbocycles. The molecule has 402 valence electrons. The zero-order chi connectivity index (χ0) is 51.0. The zero-order valence-electron chi connectivity index (χ0n) is 44.9. The quantitative estimate of drug-likeness (QED) is 0.0460. The Hall–Kier alpha value is -1.35. The molecule has 0 aromatic rings. The summed E-state index contributed by atoms with van der Waals surface area (Å²) in [5.41, 5.74) is 5.82. The number of esters is 1. The maximum atomic E-state index is 13.6. The Labute approximate surface area is 423 Å². The summed E-state index contributed by atoms with van der Waals surface area (Å²) in [7, 11) is -4.12. The highest BCUT2D eigenvalue weighted by Crippen LogP contribution is 2.71. The predicted octanol–water partition coefficient (Wildman–Crippen LogP) is 9.61. The second-order valence-corrected chi connectivity index (χ2v) is 29.0. The SMILES string of the molecule is CC[C@]12CC[C@@H](OC(C)(N)CC(C)(C)OC(=O)CC[C@@H](C)[C@H]3CCC4[C@@H]5[C@@H](O)CC6C[C@H](O)CC[C@]6(C)[C@H]5CC[C@@]43C)CC1C[C@H](O)[C@H]1C3CC[C@H]([C@H](C)CCC(=O)NCCS(=O)(=O)O)[C@@]3(C)CC[C@@H]12. The highest BCUT2D eigenvalue weighted by atomic mass is 32.2. The molecule has 12 nitrogen and oxygen atoms in total. The van der Waals surface area contributed by atoms with Crippen molar-refractivity contribution in [2.24, 2.45) is 98.4 Å². The average molecular weight is 1000 g/mol. The van der Waals surface area contributed by atoms with Gasteiger partial charge >= 0.3 is 5.97 Å². The highest BCUT2D eigenvalue weighted by Gasteiger charge is 2.65. The summed E-state index contributed by atoms with van der Waals surface area (Å²) in [4.78, 5) is 26.2. The van der Waals surface area contributed by atoms with Crippen LogP contribution in [0.4, 0.5) is 0 Å². The van der Waals surface area contributed by atoms with E-state index in [-0.39, 0.29) is 70.4 Å². The van der Waals surface area contributed by atoms with Gasteiger partial charge in [0.25, 0.3) is 10.1 Å². The van der Waals surface area contributed by atoms with Crippen LogP contribution in [0.2, 0.25) is 0 Å². The highest BCUT2D eigenvalue weighted by molar-refractivity contribution is 7.85. The minimum Gasteiger partial charge on any atom is -0.459 e. The Kier molecular flexibility index (Phi) is 15.9. The van der Waals surface area contributed by atoms with Gasteiger partial charge < -0.3 is 35.8 Å². The molecule has 21 atom stereocenters. The van der Waals surface area contributed by atoms with Crippen LogP contribution in [0.5, 0.6) is 0 Å². The molecular weight excluding hydrogens is 905 g/mol. The maximum Gasteiger partial charge on any atom is 0.306 e. The van der Waals surface area contributed by atoms with Gasteiger partial charge in [-0.3, -0.25) is 14.1 Å². The number of nitrogens with one attached hydrogen (secondary N) is 1. The van der Waals surface area contributed by atoms with E-state index in [0.717, 1.165) is 116 Å². The molecule has 8 aliphatic rings. The van der Waals surface area contributed by atoms with E-state index in [1.807, 2.05) is 20.8 Å². The molecule has 8 aliphatic carbocycles. The Morgan fingerprint density at radius 2 is 1.26 bits per heavy atom. The first-order chi connectivity index (χ1) is 32.6. The van der Waals surface area contributed by atoms with Crippen molar-refractivity contribution in [2.75, 3.05) is 12.3 Å². The molecule has 70 heavy (non-hydrogen) atoms. The van der Waals surface area contributed by atoms with Gasteiger partial charge in [-0.1, -0.05) is 41.5 Å². The van der Waals surface area contributed by atoms with Gasteiger partial charge in [0.05, 0.1) is 30.2 Å². The topological polar surface area (TPSA) is 206 Å². The summed E-state index contributed by atoms with van der Waals surface area (Å²) >= 11 is 0. The van der Waals surface area contributed by atoms with Crippen LogP contribution in [0.3, 0.4) is 0 Å². The van der Waals surface area contributed by atoms with Crippen molar-refractivity contribution >= 4 is 22.0 Å².